The Balaban J connectivity index is 1.58. The molecule has 2 unspecified atom stereocenters. The maximum Gasteiger partial charge on any atom is 0.416 e. The van der Waals surface area contributed by atoms with Gasteiger partial charge in [-0.3, -0.25) is 9.69 Å². The quantitative estimate of drug-likeness (QED) is 0.297. The van der Waals surface area contributed by atoms with Crippen molar-refractivity contribution in [2.75, 3.05) is 43.1 Å². The first-order valence-corrected chi connectivity index (χ1v) is 14.9. The number of aromatic nitrogens is 1. The van der Waals surface area contributed by atoms with E-state index < -0.39 is 46.2 Å². The van der Waals surface area contributed by atoms with Gasteiger partial charge in [0.1, 0.15) is 11.6 Å². The molecule has 5 rings (SSSR count). The molecule has 1 amide bonds. The molecule has 0 radical (unpaired) electrons. The van der Waals surface area contributed by atoms with E-state index in [9.17, 15) is 40.6 Å². The Morgan fingerprint density at radius 1 is 0.957 bits per heavy atom. The summed E-state index contributed by atoms with van der Waals surface area (Å²) >= 11 is 0. The van der Waals surface area contributed by atoms with E-state index in [4.69, 9.17) is 0 Å². The third-order valence-corrected chi connectivity index (χ3v) is 9.15. The second-order valence-corrected chi connectivity index (χ2v) is 12.6. The number of aliphatic hydroxyl groups is 1. The molecule has 1 aromatic heterocycles. The average molecular weight is 653 g/mol. The van der Waals surface area contributed by atoms with Crippen molar-refractivity contribution in [2.24, 2.45) is 0 Å². The van der Waals surface area contributed by atoms with Gasteiger partial charge in [-0.15, -0.1) is 0 Å². The molecule has 0 spiro atoms. The summed E-state index contributed by atoms with van der Waals surface area (Å²) < 4.78 is 96.0. The highest BCUT2D eigenvalue weighted by atomic mass is 19.4. The van der Waals surface area contributed by atoms with Crippen molar-refractivity contribution in [1.82, 2.24) is 9.88 Å². The van der Waals surface area contributed by atoms with Crippen molar-refractivity contribution in [3.05, 3.63) is 76.7 Å². The van der Waals surface area contributed by atoms with Gasteiger partial charge in [0.2, 0.25) is 5.91 Å². The minimum Gasteiger partial charge on any atom is -0.395 e. The largest absolute Gasteiger partial charge is 0.416 e. The van der Waals surface area contributed by atoms with Gasteiger partial charge in [-0.25, -0.2) is 9.37 Å². The van der Waals surface area contributed by atoms with Crippen LogP contribution in [0.3, 0.4) is 0 Å². The van der Waals surface area contributed by atoms with Crippen LogP contribution in [0, 0.1) is 12.7 Å². The number of halogens is 7. The SMILES string of the molecule is Cc1cc(F)ccc1-c1cc(N2CC(CO)N3CCCC3C2)ncc1N(C)C(=O)C(C)(C)c1cc(C(F)(F)F)cc(C(F)(F)F)c1. The van der Waals surface area contributed by atoms with E-state index in [-0.39, 0.29) is 30.4 Å². The highest BCUT2D eigenvalue weighted by Gasteiger charge is 2.42. The number of aryl methyl sites for hydroxylation is 1. The van der Waals surface area contributed by atoms with E-state index in [1.165, 1.54) is 39.2 Å². The summed E-state index contributed by atoms with van der Waals surface area (Å²) in [5.74, 6) is -0.702. The second-order valence-electron chi connectivity index (χ2n) is 12.6. The van der Waals surface area contributed by atoms with Gasteiger partial charge in [-0.05, 0) is 93.2 Å². The van der Waals surface area contributed by atoms with Crippen molar-refractivity contribution in [3.8, 4) is 11.1 Å². The molecule has 2 atom stereocenters. The number of hydrogen-bond donors (Lipinski definition) is 1. The topological polar surface area (TPSA) is 59.9 Å². The molecule has 3 aromatic rings. The number of piperazine rings is 1. The first-order valence-electron chi connectivity index (χ1n) is 14.9. The smallest absolute Gasteiger partial charge is 0.395 e. The lowest BCUT2D eigenvalue weighted by Crippen LogP contribution is -2.57. The maximum absolute atomic E-state index is 14.1. The van der Waals surface area contributed by atoms with Crippen LogP contribution >= 0.6 is 0 Å². The zero-order chi connectivity index (χ0) is 33.8. The molecule has 2 aromatic carbocycles. The van der Waals surface area contributed by atoms with E-state index in [0.717, 1.165) is 24.3 Å². The highest BCUT2D eigenvalue weighted by molar-refractivity contribution is 6.03. The van der Waals surface area contributed by atoms with Gasteiger partial charge in [-0.2, -0.15) is 26.3 Å². The van der Waals surface area contributed by atoms with Crippen LogP contribution in [-0.4, -0.2) is 66.3 Å². The average Bonchev–Trinajstić information content (AvgIpc) is 3.47. The van der Waals surface area contributed by atoms with Gasteiger partial charge in [-0.1, -0.05) is 6.07 Å². The van der Waals surface area contributed by atoms with E-state index in [0.29, 0.717) is 47.7 Å². The number of rotatable bonds is 6. The number of fused-ring (bicyclic) bond motifs is 1. The molecule has 1 N–H and O–H groups in total. The summed E-state index contributed by atoms with van der Waals surface area (Å²) in [5.41, 5.74) is -3.51. The van der Waals surface area contributed by atoms with E-state index in [2.05, 4.69) is 9.88 Å². The molecule has 2 fully saturated rings. The standard InChI is InChI=1S/C33H35F7N4O2/c1-19-10-23(34)7-8-26(19)27-14-29(43-16-24-6-5-9-44(24)25(17-43)18-45)41-15-28(27)42(4)30(46)31(2,3)20-11-21(32(35,36)37)13-22(12-20)33(38,39)40/h7-8,10-15,24-25,45H,5-6,9,16-18H2,1-4H3. The summed E-state index contributed by atoms with van der Waals surface area (Å²) in [4.78, 5) is 24.2. The molecule has 2 aliphatic rings. The minimum atomic E-state index is -5.08. The van der Waals surface area contributed by atoms with Gasteiger partial charge >= 0.3 is 12.4 Å². The summed E-state index contributed by atoms with van der Waals surface area (Å²) in [5, 5.41) is 10.1. The highest BCUT2D eigenvalue weighted by Crippen LogP contribution is 2.41. The van der Waals surface area contributed by atoms with Gasteiger partial charge in [0.05, 0.1) is 41.1 Å². The predicted molar refractivity (Wildman–Crippen MR) is 160 cm³/mol. The van der Waals surface area contributed by atoms with Crippen molar-refractivity contribution < 1.29 is 40.6 Å². The van der Waals surface area contributed by atoms with Crippen LogP contribution in [0.2, 0.25) is 0 Å². The first kappa shape index (κ1) is 33.6. The lowest BCUT2D eigenvalue weighted by atomic mass is 9.81. The molecule has 2 aliphatic heterocycles. The van der Waals surface area contributed by atoms with Gasteiger partial charge in [0.15, 0.2) is 0 Å². The molecular formula is C33H35F7N4O2. The molecule has 3 heterocycles. The Bertz CT molecular complexity index is 1590. The lowest BCUT2D eigenvalue weighted by Gasteiger charge is -2.43. The number of aliphatic hydroxyl groups excluding tert-OH is 1. The number of pyridine rings is 1. The van der Waals surface area contributed by atoms with Crippen LogP contribution in [0.15, 0.2) is 48.7 Å². The summed E-state index contributed by atoms with van der Waals surface area (Å²) in [6, 6.07) is 7.16. The number of likely N-dealkylation sites (N-methyl/N-ethyl adjacent to an activating group) is 1. The van der Waals surface area contributed by atoms with E-state index >= 15 is 0 Å². The second kappa shape index (κ2) is 12.1. The van der Waals surface area contributed by atoms with Crippen LogP contribution in [0.25, 0.3) is 11.1 Å². The van der Waals surface area contributed by atoms with Gasteiger partial charge < -0.3 is 14.9 Å². The Kier molecular flexibility index (Phi) is 8.88. The summed E-state index contributed by atoms with van der Waals surface area (Å²) in [6.07, 6.45) is -6.74. The maximum atomic E-state index is 14.1. The number of carbonyl (C=O) groups excluding carboxylic acids is 1. The molecule has 2 saturated heterocycles. The van der Waals surface area contributed by atoms with E-state index in [1.54, 1.807) is 19.1 Å². The number of anilines is 2. The molecule has 6 nitrogen and oxygen atoms in total. The molecule has 0 saturated carbocycles. The van der Waals surface area contributed by atoms with Crippen LogP contribution in [0.1, 0.15) is 48.9 Å². The first-order chi connectivity index (χ1) is 21.4. The fourth-order valence-electron chi connectivity index (χ4n) is 6.56. The van der Waals surface area contributed by atoms with Gasteiger partial charge in [0, 0.05) is 31.7 Å². The third-order valence-electron chi connectivity index (χ3n) is 9.15. The van der Waals surface area contributed by atoms with E-state index in [1.807, 2.05) is 4.90 Å². The normalized spacial score (nSPS) is 19.3. The van der Waals surface area contributed by atoms with Crippen molar-refractivity contribution in [2.45, 2.75) is 63.5 Å². The van der Waals surface area contributed by atoms with Gasteiger partial charge in [0.25, 0.3) is 0 Å². The van der Waals surface area contributed by atoms with Crippen molar-refractivity contribution >= 4 is 17.4 Å². The van der Waals surface area contributed by atoms with Crippen LogP contribution in [-0.2, 0) is 22.6 Å². The molecule has 13 heteroatoms. The number of carbonyl (C=O) groups is 1. The monoisotopic (exact) mass is 652 g/mol. The lowest BCUT2D eigenvalue weighted by molar-refractivity contribution is -0.143. The molecule has 46 heavy (non-hydrogen) atoms. The zero-order valence-electron chi connectivity index (χ0n) is 25.8. The predicted octanol–water partition coefficient (Wildman–Crippen LogP) is 6.82. The number of benzene rings is 2. The van der Waals surface area contributed by atoms with Crippen molar-refractivity contribution in [1.29, 1.82) is 0 Å². The Morgan fingerprint density at radius 3 is 2.17 bits per heavy atom. The summed E-state index contributed by atoms with van der Waals surface area (Å²) in [6.45, 7) is 6.24. The van der Waals surface area contributed by atoms with Crippen LogP contribution in [0.5, 0.6) is 0 Å². The minimum absolute atomic E-state index is 0.0264. The Morgan fingerprint density at radius 2 is 1.59 bits per heavy atom. The fourth-order valence-corrected chi connectivity index (χ4v) is 6.56. The van der Waals surface area contributed by atoms with Crippen LogP contribution < -0.4 is 9.80 Å². The van der Waals surface area contributed by atoms with Crippen molar-refractivity contribution in [3.63, 3.8) is 0 Å². The number of hydrogen-bond acceptors (Lipinski definition) is 5. The number of amides is 1. The zero-order valence-corrected chi connectivity index (χ0v) is 25.8. The molecule has 248 valence electrons. The molecule has 0 bridgehead atoms. The number of nitrogens with zero attached hydrogens (tertiary/aromatic N) is 4. The number of alkyl halides is 6. The third kappa shape index (κ3) is 6.44. The molecular weight excluding hydrogens is 617 g/mol. The fraction of sp³-hybridized carbons (Fsp3) is 0.455. The summed E-state index contributed by atoms with van der Waals surface area (Å²) in [7, 11) is 1.38. The Hall–Kier alpha value is -3.71. The Labute approximate surface area is 262 Å². The van der Waals surface area contributed by atoms with Crippen LogP contribution in [0.4, 0.5) is 42.2 Å². The molecule has 0 aliphatic carbocycles.